The number of thiophene rings is 1. The first-order chi connectivity index (χ1) is 12.9. The molecule has 1 aliphatic carbocycles. The van der Waals surface area contributed by atoms with E-state index in [1.54, 1.807) is 12.1 Å². The minimum absolute atomic E-state index is 0.138. The first-order valence-electron chi connectivity index (χ1n) is 7.87. The van der Waals surface area contributed by atoms with Gasteiger partial charge in [-0.15, -0.1) is 0 Å². The Bertz CT molecular complexity index is 1040. The Morgan fingerprint density at radius 3 is 2.93 bits per heavy atom. The molecule has 10 heteroatoms. The molecule has 27 heavy (non-hydrogen) atoms. The summed E-state index contributed by atoms with van der Waals surface area (Å²) >= 11 is 10.9. The van der Waals surface area contributed by atoms with Crippen molar-refractivity contribution in [1.82, 2.24) is 20.1 Å². The number of carboxylic acid groups (broad SMARTS) is 1. The molecule has 0 spiro atoms. The van der Waals surface area contributed by atoms with Gasteiger partial charge in [-0.1, -0.05) is 11.6 Å². The van der Waals surface area contributed by atoms with Crippen LogP contribution in [0.15, 0.2) is 45.8 Å². The maximum Gasteiger partial charge on any atom is 0.330 e. The molecule has 0 saturated heterocycles. The van der Waals surface area contributed by atoms with Crippen LogP contribution in [0.3, 0.4) is 0 Å². The fraction of sp³-hybridized carbons (Fsp3) is 0.176. The zero-order valence-corrected chi connectivity index (χ0v) is 16.8. The summed E-state index contributed by atoms with van der Waals surface area (Å²) in [4.78, 5) is 29.0. The summed E-state index contributed by atoms with van der Waals surface area (Å²) in [5.41, 5.74) is -0.280. The van der Waals surface area contributed by atoms with Crippen LogP contribution < -0.4 is 5.32 Å². The Morgan fingerprint density at radius 2 is 2.26 bits per heavy atom. The van der Waals surface area contributed by atoms with Crippen LogP contribution in [0.25, 0.3) is 5.82 Å². The molecule has 138 valence electrons. The Balaban J connectivity index is 1.66. The molecular formula is C17H12BrClN4O3S. The number of amides is 1. The fourth-order valence-corrected chi connectivity index (χ4v) is 4.33. The highest BCUT2D eigenvalue weighted by Crippen LogP contribution is 2.52. The number of aliphatic carboxylic acids is 1. The normalized spacial score (nSPS) is 21.0. The Labute approximate surface area is 171 Å². The molecule has 3 heterocycles. The molecule has 2 atom stereocenters. The van der Waals surface area contributed by atoms with Crippen LogP contribution in [0.5, 0.6) is 0 Å². The van der Waals surface area contributed by atoms with Gasteiger partial charge in [0.05, 0.1) is 5.02 Å². The van der Waals surface area contributed by atoms with Crippen LogP contribution >= 0.6 is 38.9 Å². The van der Waals surface area contributed by atoms with Gasteiger partial charge in [-0.3, -0.25) is 4.79 Å². The lowest BCUT2D eigenvalue weighted by Crippen LogP contribution is -2.45. The molecule has 4 rings (SSSR count). The van der Waals surface area contributed by atoms with Crippen LogP contribution in [0.1, 0.15) is 28.4 Å². The second kappa shape index (κ2) is 6.74. The number of carbonyl (C=O) groups is 2. The largest absolute Gasteiger partial charge is 0.479 e. The van der Waals surface area contributed by atoms with Gasteiger partial charge in [-0.25, -0.2) is 14.5 Å². The van der Waals surface area contributed by atoms with Crippen molar-refractivity contribution in [2.45, 2.75) is 17.9 Å². The minimum atomic E-state index is -1.33. The lowest BCUT2D eigenvalue weighted by Gasteiger charge is -2.15. The van der Waals surface area contributed by atoms with Crippen molar-refractivity contribution in [3.8, 4) is 5.82 Å². The number of aromatic nitrogens is 3. The summed E-state index contributed by atoms with van der Waals surface area (Å²) in [5, 5.41) is 20.7. The molecule has 1 fully saturated rings. The lowest BCUT2D eigenvalue weighted by molar-refractivity contribution is -0.140. The molecule has 1 aliphatic rings. The third kappa shape index (κ3) is 3.15. The zero-order chi connectivity index (χ0) is 19.2. The summed E-state index contributed by atoms with van der Waals surface area (Å²) in [6, 6.07) is 6.67. The third-order valence-electron chi connectivity index (χ3n) is 4.48. The number of rotatable bonds is 5. The number of carbonyl (C=O) groups excluding carboxylic acids is 1. The van der Waals surface area contributed by atoms with Crippen LogP contribution in [0.4, 0.5) is 0 Å². The summed E-state index contributed by atoms with van der Waals surface area (Å²) < 4.78 is 1.70. The van der Waals surface area contributed by atoms with Crippen molar-refractivity contribution in [3.05, 3.63) is 62.1 Å². The lowest BCUT2D eigenvalue weighted by atomic mass is 10.1. The molecular weight excluding hydrogens is 456 g/mol. The van der Waals surface area contributed by atoms with E-state index in [2.05, 4.69) is 31.3 Å². The predicted molar refractivity (Wildman–Crippen MR) is 104 cm³/mol. The van der Waals surface area contributed by atoms with Gasteiger partial charge in [0.25, 0.3) is 5.91 Å². The first-order valence-corrected chi connectivity index (χ1v) is 9.98. The van der Waals surface area contributed by atoms with Crippen molar-refractivity contribution in [2.75, 3.05) is 0 Å². The molecule has 3 aromatic rings. The van der Waals surface area contributed by atoms with Gasteiger partial charge in [0.2, 0.25) is 0 Å². The van der Waals surface area contributed by atoms with E-state index in [0.717, 1.165) is 5.56 Å². The molecule has 0 bridgehead atoms. The van der Waals surface area contributed by atoms with E-state index in [1.807, 2.05) is 16.8 Å². The van der Waals surface area contributed by atoms with E-state index < -0.39 is 17.4 Å². The Hall–Kier alpha value is -2.23. The molecule has 0 aliphatic heterocycles. The van der Waals surface area contributed by atoms with Gasteiger partial charge < -0.3 is 10.4 Å². The molecule has 0 radical (unpaired) electrons. The van der Waals surface area contributed by atoms with Gasteiger partial charge in [-0.05, 0) is 56.9 Å². The van der Waals surface area contributed by atoms with Gasteiger partial charge in [0, 0.05) is 18.2 Å². The summed E-state index contributed by atoms with van der Waals surface area (Å²) in [6.45, 7) is 0. The number of nitrogens with one attached hydrogen (secondary N) is 1. The van der Waals surface area contributed by atoms with E-state index in [-0.39, 0.29) is 17.4 Å². The van der Waals surface area contributed by atoms with E-state index in [0.29, 0.717) is 16.0 Å². The van der Waals surface area contributed by atoms with Gasteiger partial charge >= 0.3 is 5.97 Å². The Morgan fingerprint density at radius 1 is 1.44 bits per heavy atom. The second-order valence-corrected chi connectivity index (χ2v) is 8.12. The monoisotopic (exact) mass is 466 g/mol. The standard InChI is InChI=1S/C17H12BrClN4O3S/c18-13-6-12(23(22-13)14-11(19)2-1-4-20-14)15(24)21-17(16(25)26)7-10(17)9-3-5-27-8-9/h1-6,8,10H,7H2,(H,21,24)(H,25,26). The van der Waals surface area contributed by atoms with Gasteiger partial charge in [-0.2, -0.15) is 16.4 Å². The van der Waals surface area contributed by atoms with Crippen LogP contribution in [-0.2, 0) is 4.79 Å². The average Bonchev–Trinajstić information content (AvgIpc) is 2.98. The smallest absolute Gasteiger partial charge is 0.330 e. The molecule has 0 aromatic carbocycles. The Kier molecular flexibility index (Phi) is 4.53. The van der Waals surface area contributed by atoms with Crippen LogP contribution in [-0.4, -0.2) is 37.3 Å². The highest BCUT2D eigenvalue weighted by atomic mass is 79.9. The van der Waals surface area contributed by atoms with Crippen molar-refractivity contribution < 1.29 is 14.7 Å². The van der Waals surface area contributed by atoms with E-state index in [4.69, 9.17) is 11.6 Å². The molecule has 3 aromatic heterocycles. The van der Waals surface area contributed by atoms with Gasteiger partial charge in [0.1, 0.15) is 15.8 Å². The highest BCUT2D eigenvalue weighted by molar-refractivity contribution is 9.10. The fourth-order valence-electron chi connectivity index (χ4n) is 3.04. The average molecular weight is 468 g/mol. The highest BCUT2D eigenvalue weighted by Gasteiger charge is 2.62. The maximum absolute atomic E-state index is 12.9. The number of hydrogen-bond donors (Lipinski definition) is 2. The quantitative estimate of drug-likeness (QED) is 0.599. The number of nitrogens with zero attached hydrogens (tertiary/aromatic N) is 3. The SMILES string of the molecule is O=C(NC1(C(=O)O)CC1c1ccsc1)c1cc(Br)nn1-c1ncccc1Cl. The van der Waals surface area contributed by atoms with Crippen molar-refractivity contribution in [3.63, 3.8) is 0 Å². The number of pyridine rings is 1. The van der Waals surface area contributed by atoms with E-state index in [9.17, 15) is 14.7 Å². The maximum atomic E-state index is 12.9. The molecule has 1 saturated carbocycles. The topological polar surface area (TPSA) is 97.1 Å². The summed E-state index contributed by atoms with van der Waals surface area (Å²) in [7, 11) is 0. The van der Waals surface area contributed by atoms with E-state index >= 15 is 0 Å². The van der Waals surface area contributed by atoms with Gasteiger partial charge in [0.15, 0.2) is 5.82 Å². The van der Waals surface area contributed by atoms with Crippen LogP contribution in [0.2, 0.25) is 5.02 Å². The molecule has 2 N–H and O–H groups in total. The van der Waals surface area contributed by atoms with E-state index in [1.165, 1.54) is 28.3 Å². The van der Waals surface area contributed by atoms with Crippen LogP contribution in [0, 0.1) is 0 Å². The minimum Gasteiger partial charge on any atom is -0.479 e. The molecule has 7 nitrogen and oxygen atoms in total. The summed E-state index contributed by atoms with van der Waals surface area (Å²) in [6.07, 6.45) is 1.87. The number of hydrogen-bond acceptors (Lipinski definition) is 5. The second-order valence-electron chi connectivity index (χ2n) is 6.12. The molecule has 2 unspecified atom stereocenters. The van der Waals surface area contributed by atoms with Crippen molar-refractivity contribution >= 4 is 50.7 Å². The van der Waals surface area contributed by atoms with Crippen molar-refractivity contribution in [1.29, 1.82) is 0 Å². The number of halogens is 2. The summed E-state index contributed by atoms with van der Waals surface area (Å²) in [5.74, 6) is -1.60. The third-order valence-corrected chi connectivity index (χ3v) is 5.86. The zero-order valence-electron chi connectivity index (χ0n) is 13.6. The predicted octanol–water partition coefficient (Wildman–Crippen LogP) is 3.49. The van der Waals surface area contributed by atoms with Crippen molar-refractivity contribution in [2.24, 2.45) is 0 Å². The first kappa shape index (κ1) is 18.1. The molecule has 1 amide bonds. The number of carboxylic acids is 1.